The molecule has 1 aromatic heterocycles. The summed E-state index contributed by atoms with van der Waals surface area (Å²) in [6.45, 7) is -2.72. The number of urea groups is 1. The number of nitrogens with zero attached hydrogens (tertiary/aromatic N) is 1. The Morgan fingerprint density at radius 2 is 1.79 bits per heavy atom. The number of carbonyl (C=O) groups excluding carboxylic acids is 2. The number of halogens is 6. The Labute approximate surface area is 206 Å². The van der Waals surface area contributed by atoms with Gasteiger partial charge in [0.15, 0.2) is 0 Å². The highest BCUT2D eigenvalue weighted by atomic mass is 35.5. The number of hydrogen-bond donors (Lipinski definition) is 3. The molecule has 34 heavy (non-hydrogen) atoms. The third-order valence-electron chi connectivity index (χ3n) is 4.03. The number of ether oxygens (including phenoxy) is 1. The molecule has 0 aliphatic rings. The van der Waals surface area contributed by atoms with E-state index < -0.39 is 41.5 Å². The summed E-state index contributed by atoms with van der Waals surface area (Å²) in [5.41, 5.74) is -1.93. The SMILES string of the molecule is Cl.[2H]C([2H])([2H])NC(=O)c1cc(Oc2ccc(NC(=O)Nc3ccc(Cl)c(C(F)(F)F)c3)c(F)c2)ccn1. The Morgan fingerprint density at radius 1 is 1.06 bits per heavy atom. The quantitative estimate of drug-likeness (QED) is 0.353. The normalized spacial score (nSPS) is 12.3. The molecule has 0 fully saturated rings. The van der Waals surface area contributed by atoms with E-state index in [4.69, 9.17) is 20.5 Å². The van der Waals surface area contributed by atoms with Gasteiger partial charge in [-0.2, -0.15) is 13.2 Å². The van der Waals surface area contributed by atoms with Crippen LogP contribution >= 0.6 is 24.0 Å². The van der Waals surface area contributed by atoms with Gasteiger partial charge in [0, 0.05) is 35.1 Å². The van der Waals surface area contributed by atoms with Crippen LogP contribution in [0.25, 0.3) is 0 Å². The Balaban J connectivity index is 0.00000481. The summed E-state index contributed by atoms with van der Waals surface area (Å²) in [6.07, 6.45) is -3.55. The zero-order valence-electron chi connectivity index (χ0n) is 19.7. The van der Waals surface area contributed by atoms with E-state index >= 15 is 0 Å². The molecule has 2 aromatic carbocycles. The van der Waals surface area contributed by atoms with Gasteiger partial charge in [0.2, 0.25) is 0 Å². The largest absolute Gasteiger partial charge is 0.457 e. The molecule has 7 nitrogen and oxygen atoms in total. The van der Waals surface area contributed by atoms with Crippen molar-refractivity contribution >= 4 is 47.3 Å². The molecule has 0 saturated carbocycles. The van der Waals surface area contributed by atoms with E-state index in [1.54, 1.807) is 5.32 Å². The van der Waals surface area contributed by atoms with Gasteiger partial charge in [0.05, 0.1) is 16.3 Å². The number of rotatable bonds is 5. The molecule has 3 rings (SSSR count). The molecule has 0 aliphatic carbocycles. The van der Waals surface area contributed by atoms with Gasteiger partial charge in [-0.25, -0.2) is 9.18 Å². The molecule has 3 amide bonds. The Morgan fingerprint density at radius 3 is 2.47 bits per heavy atom. The van der Waals surface area contributed by atoms with Crippen molar-refractivity contribution in [3.8, 4) is 11.5 Å². The van der Waals surface area contributed by atoms with Crippen LogP contribution in [0.1, 0.15) is 20.2 Å². The van der Waals surface area contributed by atoms with E-state index in [-0.39, 0.29) is 41.0 Å². The zero-order chi connectivity index (χ0) is 26.7. The minimum absolute atomic E-state index is 0. The molecule has 0 atom stereocenters. The second-order valence-corrected chi connectivity index (χ2v) is 6.75. The highest BCUT2D eigenvalue weighted by Gasteiger charge is 2.33. The standard InChI is InChI=1S/C21H15ClF4N4O3.ClH/c1-27-19(31)18-10-13(6-7-28-18)33-12-3-5-17(16(23)9-12)30-20(32)29-11-2-4-15(22)14(8-11)21(24,25)26;/h2-10H,1H3,(H,27,31)(H2,29,30,32);1H/i1D3;. The minimum atomic E-state index is -4.73. The third-order valence-corrected chi connectivity index (χ3v) is 4.36. The lowest BCUT2D eigenvalue weighted by atomic mass is 10.2. The molecule has 0 radical (unpaired) electrons. The van der Waals surface area contributed by atoms with Gasteiger partial charge >= 0.3 is 12.2 Å². The Hall–Kier alpha value is -3.57. The summed E-state index contributed by atoms with van der Waals surface area (Å²) in [5, 5.41) is 5.53. The molecule has 0 bridgehead atoms. The smallest absolute Gasteiger partial charge is 0.417 e. The van der Waals surface area contributed by atoms with E-state index in [9.17, 15) is 27.2 Å². The van der Waals surface area contributed by atoms with Crippen molar-refractivity contribution < 1.29 is 36.0 Å². The molecule has 1 heterocycles. The van der Waals surface area contributed by atoms with Gasteiger partial charge in [-0.15, -0.1) is 12.4 Å². The second-order valence-electron chi connectivity index (χ2n) is 6.35. The lowest BCUT2D eigenvalue weighted by molar-refractivity contribution is -0.137. The van der Waals surface area contributed by atoms with Crippen molar-refractivity contribution in [2.24, 2.45) is 0 Å². The highest BCUT2D eigenvalue weighted by Crippen LogP contribution is 2.36. The maximum atomic E-state index is 14.5. The van der Waals surface area contributed by atoms with Crippen molar-refractivity contribution in [2.45, 2.75) is 6.18 Å². The van der Waals surface area contributed by atoms with Crippen LogP contribution in [0.2, 0.25) is 5.02 Å². The first-order valence-corrected chi connectivity index (χ1v) is 9.30. The summed E-state index contributed by atoms with van der Waals surface area (Å²) in [4.78, 5) is 27.8. The maximum Gasteiger partial charge on any atom is 0.417 e. The first-order chi connectivity index (χ1) is 16.7. The van der Waals surface area contributed by atoms with Crippen LogP contribution < -0.4 is 20.7 Å². The van der Waals surface area contributed by atoms with Crippen molar-refractivity contribution in [3.63, 3.8) is 0 Å². The topological polar surface area (TPSA) is 92.4 Å². The van der Waals surface area contributed by atoms with Crippen LogP contribution in [-0.2, 0) is 6.18 Å². The van der Waals surface area contributed by atoms with E-state index in [1.807, 2.05) is 0 Å². The first-order valence-electron chi connectivity index (χ1n) is 10.4. The number of alkyl halides is 3. The van der Waals surface area contributed by atoms with Crippen LogP contribution in [0.3, 0.4) is 0 Å². The number of hydrogen-bond acceptors (Lipinski definition) is 4. The predicted octanol–water partition coefficient (Wildman–Crippen LogP) is 6.11. The fraction of sp³-hybridized carbons (Fsp3) is 0.0952. The summed E-state index contributed by atoms with van der Waals surface area (Å²) < 4.78 is 80.0. The predicted molar refractivity (Wildman–Crippen MR) is 120 cm³/mol. The lowest BCUT2D eigenvalue weighted by Crippen LogP contribution is -2.20. The van der Waals surface area contributed by atoms with Gasteiger partial charge in [0.25, 0.3) is 5.91 Å². The molecular formula is C21H16Cl2F4N4O3. The van der Waals surface area contributed by atoms with Crippen molar-refractivity contribution in [1.29, 1.82) is 0 Å². The maximum absolute atomic E-state index is 14.5. The lowest BCUT2D eigenvalue weighted by Gasteiger charge is -2.13. The number of carbonyl (C=O) groups is 2. The molecule has 0 saturated heterocycles. The third kappa shape index (κ3) is 6.72. The van der Waals surface area contributed by atoms with E-state index in [0.29, 0.717) is 6.07 Å². The van der Waals surface area contributed by atoms with E-state index in [0.717, 1.165) is 30.3 Å². The Kier molecular flexibility index (Phi) is 7.22. The molecular weight excluding hydrogens is 503 g/mol. The van der Waals surface area contributed by atoms with Gasteiger partial charge in [-0.1, -0.05) is 11.6 Å². The van der Waals surface area contributed by atoms with Crippen molar-refractivity contribution in [3.05, 3.63) is 76.8 Å². The number of pyridine rings is 1. The van der Waals surface area contributed by atoms with E-state index in [1.165, 1.54) is 18.3 Å². The summed E-state index contributed by atoms with van der Waals surface area (Å²) >= 11 is 5.53. The molecule has 0 unspecified atom stereocenters. The molecule has 13 heteroatoms. The number of aromatic nitrogens is 1. The monoisotopic (exact) mass is 521 g/mol. The minimum Gasteiger partial charge on any atom is -0.457 e. The highest BCUT2D eigenvalue weighted by molar-refractivity contribution is 6.31. The number of amides is 3. The van der Waals surface area contributed by atoms with Crippen molar-refractivity contribution in [1.82, 2.24) is 10.3 Å². The average Bonchev–Trinajstić information content (AvgIpc) is 2.75. The van der Waals surface area contributed by atoms with Gasteiger partial charge in [-0.05, 0) is 36.4 Å². The zero-order valence-corrected chi connectivity index (χ0v) is 18.2. The van der Waals surface area contributed by atoms with Crippen LogP contribution in [0, 0.1) is 5.82 Å². The Bertz CT molecular complexity index is 1310. The van der Waals surface area contributed by atoms with Gasteiger partial charge in [0.1, 0.15) is 23.0 Å². The van der Waals surface area contributed by atoms with Crippen molar-refractivity contribution in [2.75, 3.05) is 17.6 Å². The number of benzene rings is 2. The molecule has 180 valence electrons. The molecule has 0 spiro atoms. The number of nitrogens with one attached hydrogen (secondary N) is 3. The first kappa shape index (κ1) is 22.2. The molecule has 0 aliphatic heterocycles. The van der Waals surface area contributed by atoms with Gasteiger partial charge in [-0.3, -0.25) is 9.78 Å². The summed E-state index contributed by atoms with van der Waals surface area (Å²) in [6, 6.07) is 7.51. The van der Waals surface area contributed by atoms with Gasteiger partial charge < -0.3 is 20.7 Å². The average molecular weight is 522 g/mol. The van der Waals surface area contributed by atoms with Crippen LogP contribution in [-0.4, -0.2) is 23.9 Å². The fourth-order valence-corrected chi connectivity index (χ4v) is 2.79. The molecule has 3 N–H and O–H groups in total. The number of anilines is 2. The second kappa shape index (κ2) is 11.0. The van der Waals surface area contributed by atoms with Crippen LogP contribution in [0.5, 0.6) is 11.5 Å². The van der Waals surface area contributed by atoms with Crippen LogP contribution in [0.15, 0.2) is 54.7 Å². The fourth-order valence-electron chi connectivity index (χ4n) is 2.56. The summed E-state index contributed by atoms with van der Waals surface area (Å²) in [7, 11) is 0. The molecule has 3 aromatic rings. The van der Waals surface area contributed by atoms with Crippen LogP contribution in [0.4, 0.5) is 33.7 Å². The summed E-state index contributed by atoms with van der Waals surface area (Å²) in [5.74, 6) is -1.91. The van der Waals surface area contributed by atoms with E-state index in [2.05, 4.69) is 15.6 Å².